The first-order chi connectivity index (χ1) is 10.9. The van der Waals surface area contributed by atoms with Crippen LogP contribution >= 0.6 is 0 Å². The average molecular weight is 321 g/mol. The van der Waals surface area contributed by atoms with Gasteiger partial charge in [-0.3, -0.25) is 4.79 Å². The number of nitrogens with one attached hydrogen (secondary N) is 1. The normalized spacial score (nSPS) is 11.7. The van der Waals surface area contributed by atoms with Gasteiger partial charge in [0.1, 0.15) is 12.6 Å². The third-order valence-corrected chi connectivity index (χ3v) is 3.09. The number of hydrogen-bond acceptors (Lipinski definition) is 4. The smallest absolute Gasteiger partial charge is 0.326 e. The lowest BCUT2D eigenvalue weighted by atomic mass is 10.0. The van der Waals surface area contributed by atoms with Gasteiger partial charge in [0.2, 0.25) is 0 Å². The molecule has 1 rings (SSSR count). The van der Waals surface area contributed by atoms with Gasteiger partial charge in [-0.2, -0.15) is 0 Å². The van der Waals surface area contributed by atoms with Crippen LogP contribution in [0.4, 0.5) is 0 Å². The zero-order chi connectivity index (χ0) is 17.4. The molecule has 0 aliphatic carbocycles. The summed E-state index contributed by atoms with van der Waals surface area (Å²) in [6.07, 6.45) is 1.96. The van der Waals surface area contributed by atoms with Crippen molar-refractivity contribution >= 4 is 11.9 Å². The minimum absolute atomic E-state index is 0.153. The molecule has 0 aliphatic heterocycles. The van der Waals surface area contributed by atoms with E-state index in [0.717, 1.165) is 0 Å². The molecule has 0 saturated heterocycles. The first-order valence-corrected chi connectivity index (χ1v) is 7.34. The molecule has 126 valence electrons. The van der Waals surface area contributed by atoms with Crippen molar-refractivity contribution in [2.45, 2.75) is 26.3 Å². The molecule has 0 heterocycles. The number of carbonyl (C=O) groups excluding carboxylic acids is 1. The van der Waals surface area contributed by atoms with Crippen molar-refractivity contribution < 1.29 is 24.2 Å². The summed E-state index contributed by atoms with van der Waals surface area (Å²) in [6, 6.07) is 3.76. The number of methoxy groups -OCH3 is 1. The quantitative estimate of drug-likeness (QED) is 0.683. The van der Waals surface area contributed by atoms with E-state index in [-0.39, 0.29) is 5.92 Å². The Morgan fingerprint density at radius 1 is 1.35 bits per heavy atom. The molecule has 0 aromatic heterocycles. The molecular formula is C17H23NO5. The molecule has 0 fully saturated rings. The highest BCUT2D eigenvalue weighted by molar-refractivity contribution is 5.97. The van der Waals surface area contributed by atoms with Crippen LogP contribution in [0, 0.1) is 5.92 Å². The van der Waals surface area contributed by atoms with Crippen molar-refractivity contribution in [1.29, 1.82) is 0 Å². The number of hydrogen-bond donors (Lipinski definition) is 2. The monoisotopic (exact) mass is 321 g/mol. The molecule has 23 heavy (non-hydrogen) atoms. The number of aliphatic carboxylic acids is 1. The van der Waals surface area contributed by atoms with Crippen molar-refractivity contribution in [2.75, 3.05) is 13.7 Å². The Kier molecular flexibility index (Phi) is 7.12. The van der Waals surface area contributed by atoms with Crippen molar-refractivity contribution in [1.82, 2.24) is 5.32 Å². The largest absolute Gasteiger partial charge is 0.493 e. The molecule has 1 atom stereocenters. The fraction of sp³-hybridized carbons (Fsp3) is 0.412. The maximum Gasteiger partial charge on any atom is 0.326 e. The molecule has 0 aliphatic rings. The molecule has 1 aromatic carbocycles. The summed E-state index contributed by atoms with van der Waals surface area (Å²) in [5, 5.41) is 11.7. The Bertz CT molecular complexity index is 568. The maximum absolute atomic E-state index is 12.2. The van der Waals surface area contributed by atoms with Gasteiger partial charge in [0.25, 0.3) is 5.91 Å². The summed E-state index contributed by atoms with van der Waals surface area (Å²) in [5.74, 6) is -0.478. The van der Waals surface area contributed by atoms with Gasteiger partial charge in [-0.05, 0) is 30.5 Å². The summed E-state index contributed by atoms with van der Waals surface area (Å²) in [4.78, 5) is 23.5. The molecule has 1 aromatic rings. The summed E-state index contributed by atoms with van der Waals surface area (Å²) in [5.41, 5.74) is 0.308. The van der Waals surface area contributed by atoms with E-state index >= 15 is 0 Å². The second kappa shape index (κ2) is 8.82. The molecule has 6 heteroatoms. The van der Waals surface area contributed by atoms with Crippen molar-refractivity contribution in [3.8, 4) is 11.5 Å². The van der Waals surface area contributed by atoms with Crippen molar-refractivity contribution in [2.24, 2.45) is 5.92 Å². The van der Waals surface area contributed by atoms with E-state index < -0.39 is 17.9 Å². The van der Waals surface area contributed by atoms with Crippen LogP contribution in [-0.4, -0.2) is 36.7 Å². The van der Waals surface area contributed by atoms with Gasteiger partial charge in [0.15, 0.2) is 11.5 Å². The molecule has 6 nitrogen and oxygen atoms in total. The highest BCUT2D eigenvalue weighted by atomic mass is 16.5. The first-order valence-electron chi connectivity index (χ1n) is 7.34. The predicted molar refractivity (Wildman–Crippen MR) is 87.0 cm³/mol. The number of carboxylic acids is 1. The van der Waals surface area contributed by atoms with Crippen LogP contribution in [0.3, 0.4) is 0 Å². The van der Waals surface area contributed by atoms with Gasteiger partial charge < -0.3 is 19.9 Å². The standard InChI is InChI=1S/C17H23NO5/c1-5-8-23-14-7-6-12(10-15(14)22-4)16(19)18-13(17(20)21)9-11(2)3/h5-7,10-11,13H,1,8-9H2,2-4H3,(H,18,19)(H,20,21). The molecule has 0 radical (unpaired) electrons. The topological polar surface area (TPSA) is 84.9 Å². The Balaban J connectivity index is 2.90. The van der Waals surface area contributed by atoms with E-state index in [0.29, 0.717) is 30.1 Å². The highest BCUT2D eigenvalue weighted by Gasteiger charge is 2.22. The Hall–Kier alpha value is -2.50. The van der Waals surface area contributed by atoms with E-state index in [1.807, 2.05) is 13.8 Å². The number of carboxylic acid groups (broad SMARTS) is 1. The minimum atomic E-state index is -1.05. The summed E-state index contributed by atoms with van der Waals surface area (Å²) >= 11 is 0. The lowest BCUT2D eigenvalue weighted by molar-refractivity contribution is -0.139. The van der Waals surface area contributed by atoms with Crippen LogP contribution in [0.15, 0.2) is 30.9 Å². The second-order valence-corrected chi connectivity index (χ2v) is 5.46. The number of rotatable bonds is 9. The van der Waals surface area contributed by atoms with Crippen molar-refractivity contribution in [3.63, 3.8) is 0 Å². The van der Waals surface area contributed by atoms with Crippen LogP contribution in [-0.2, 0) is 4.79 Å². The molecule has 1 amide bonds. The van der Waals surface area contributed by atoms with Crippen LogP contribution in [0.2, 0.25) is 0 Å². The Labute approximate surface area is 136 Å². The lowest BCUT2D eigenvalue weighted by Crippen LogP contribution is -2.41. The SMILES string of the molecule is C=CCOc1ccc(C(=O)NC(CC(C)C)C(=O)O)cc1OC. The molecule has 2 N–H and O–H groups in total. The highest BCUT2D eigenvalue weighted by Crippen LogP contribution is 2.28. The van der Waals surface area contributed by atoms with E-state index in [1.54, 1.807) is 18.2 Å². The van der Waals surface area contributed by atoms with Crippen LogP contribution in [0.1, 0.15) is 30.6 Å². The number of ether oxygens (including phenoxy) is 2. The van der Waals surface area contributed by atoms with E-state index in [9.17, 15) is 14.7 Å². The van der Waals surface area contributed by atoms with Crippen molar-refractivity contribution in [3.05, 3.63) is 36.4 Å². The van der Waals surface area contributed by atoms with Gasteiger partial charge in [0.05, 0.1) is 7.11 Å². The van der Waals surface area contributed by atoms with Gasteiger partial charge in [-0.15, -0.1) is 0 Å². The number of benzene rings is 1. The van der Waals surface area contributed by atoms with Gasteiger partial charge in [0, 0.05) is 5.56 Å². The fourth-order valence-corrected chi connectivity index (χ4v) is 2.01. The summed E-state index contributed by atoms with van der Waals surface area (Å²) < 4.78 is 10.6. The average Bonchev–Trinajstić information content (AvgIpc) is 2.51. The van der Waals surface area contributed by atoms with E-state index in [4.69, 9.17) is 9.47 Å². The summed E-state index contributed by atoms with van der Waals surface area (Å²) in [7, 11) is 1.47. The fourth-order valence-electron chi connectivity index (χ4n) is 2.01. The Morgan fingerprint density at radius 3 is 2.57 bits per heavy atom. The molecule has 0 saturated carbocycles. The first kappa shape index (κ1) is 18.5. The van der Waals surface area contributed by atoms with E-state index in [2.05, 4.69) is 11.9 Å². The second-order valence-electron chi connectivity index (χ2n) is 5.46. The van der Waals surface area contributed by atoms with Gasteiger partial charge in [-0.1, -0.05) is 26.5 Å². The van der Waals surface area contributed by atoms with E-state index in [1.165, 1.54) is 13.2 Å². The van der Waals surface area contributed by atoms with Gasteiger partial charge >= 0.3 is 5.97 Å². The molecule has 0 bridgehead atoms. The Morgan fingerprint density at radius 2 is 2.04 bits per heavy atom. The third-order valence-electron chi connectivity index (χ3n) is 3.09. The summed E-state index contributed by atoms with van der Waals surface area (Å²) in [6.45, 7) is 7.68. The number of carbonyl (C=O) groups is 2. The zero-order valence-electron chi connectivity index (χ0n) is 13.7. The third kappa shape index (κ3) is 5.65. The van der Waals surface area contributed by atoms with Gasteiger partial charge in [-0.25, -0.2) is 4.79 Å². The predicted octanol–water partition coefficient (Wildman–Crippen LogP) is 2.49. The van der Waals surface area contributed by atoms with Crippen LogP contribution < -0.4 is 14.8 Å². The molecule has 1 unspecified atom stereocenters. The zero-order valence-corrected chi connectivity index (χ0v) is 13.7. The maximum atomic E-state index is 12.2. The lowest BCUT2D eigenvalue weighted by Gasteiger charge is -2.17. The minimum Gasteiger partial charge on any atom is -0.493 e. The molecule has 0 spiro atoms. The van der Waals surface area contributed by atoms with Crippen LogP contribution in [0.5, 0.6) is 11.5 Å². The van der Waals surface area contributed by atoms with Crippen LogP contribution in [0.25, 0.3) is 0 Å². The molecular weight excluding hydrogens is 298 g/mol. The number of amides is 1.